The summed E-state index contributed by atoms with van der Waals surface area (Å²) < 4.78 is 33.3. The fourth-order valence-electron chi connectivity index (χ4n) is 4.97. The smallest absolute Gasteiger partial charge is 0.245 e. The predicted octanol–water partition coefficient (Wildman–Crippen LogP) is 3.05. The van der Waals surface area contributed by atoms with E-state index in [1.165, 1.54) is 17.6 Å². The van der Waals surface area contributed by atoms with Gasteiger partial charge in [-0.3, -0.25) is 9.21 Å². The minimum Gasteiger partial charge on any atom is -0.494 e. The summed E-state index contributed by atoms with van der Waals surface area (Å²) in [7, 11) is -0.277. The molecule has 4 aromatic rings. The minimum absolute atomic E-state index is 0.329. The number of methoxy groups -OCH3 is 1. The zero-order chi connectivity index (χ0) is 28.4. The van der Waals surface area contributed by atoms with Gasteiger partial charge in [-0.25, -0.2) is 17.9 Å². The average molecular weight is 566 g/mol. The van der Waals surface area contributed by atoms with E-state index < -0.39 is 10.0 Å². The van der Waals surface area contributed by atoms with Gasteiger partial charge in [0.15, 0.2) is 0 Å². The highest BCUT2D eigenvalue weighted by Gasteiger charge is 2.21. The molecular weight excluding hydrogens is 530 g/mol. The van der Waals surface area contributed by atoms with E-state index in [1.807, 2.05) is 55.5 Å². The molecule has 1 atom stereocenters. The number of piperazine rings is 1. The third-order valence-electron chi connectivity index (χ3n) is 7.11. The van der Waals surface area contributed by atoms with Crippen LogP contribution in [-0.2, 0) is 10.0 Å². The lowest BCUT2D eigenvalue weighted by atomic mass is 10.1. The van der Waals surface area contributed by atoms with Crippen molar-refractivity contribution in [3.8, 4) is 17.0 Å². The number of nitrogens with one attached hydrogen (secondary N) is 1. The average Bonchev–Trinajstić information content (AvgIpc) is 3.35. The molecule has 0 radical (unpaired) electrons. The zero-order valence-corrected chi connectivity index (χ0v) is 24.0. The molecule has 212 valence electrons. The molecule has 0 unspecified atom stereocenters. The number of aliphatic hydroxyl groups excluding tert-OH is 1. The molecule has 1 fully saturated rings. The van der Waals surface area contributed by atoms with Crippen molar-refractivity contribution in [3.05, 3.63) is 60.8 Å². The van der Waals surface area contributed by atoms with Crippen LogP contribution >= 0.6 is 0 Å². The summed E-state index contributed by atoms with van der Waals surface area (Å²) in [4.78, 5) is 9.07. The van der Waals surface area contributed by atoms with E-state index in [9.17, 15) is 13.5 Å². The number of ether oxygens (including phenoxy) is 1. The van der Waals surface area contributed by atoms with E-state index in [4.69, 9.17) is 9.84 Å². The first-order valence-corrected chi connectivity index (χ1v) is 15.0. The van der Waals surface area contributed by atoms with Crippen molar-refractivity contribution in [2.24, 2.45) is 0 Å². The molecule has 0 bridgehead atoms. The summed E-state index contributed by atoms with van der Waals surface area (Å²) in [5.74, 6) is 1.04. The van der Waals surface area contributed by atoms with Crippen LogP contribution < -0.4 is 19.3 Å². The third kappa shape index (κ3) is 5.83. The summed E-state index contributed by atoms with van der Waals surface area (Å²) in [5, 5.41) is 17.7. The summed E-state index contributed by atoms with van der Waals surface area (Å²) in [6.07, 6.45) is 2.57. The Morgan fingerprint density at radius 2 is 1.85 bits per heavy atom. The Morgan fingerprint density at radius 3 is 2.55 bits per heavy atom. The number of rotatable bonds is 9. The summed E-state index contributed by atoms with van der Waals surface area (Å²) >= 11 is 0. The molecule has 3 heterocycles. The molecular formula is C28H35N7O4S. The van der Waals surface area contributed by atoms with Crippen LogP contribution in [0.5, 0.6) is 5.75 Å². The molecule has 2 aromatic heterocycles. The molecule has 12 heteroatoms. The maximum Gasteiger partial charge on any atom is 0.245 e. The van der Waals surface area contributed by atoms with Crippen LogP contribution in [0.15, 0.2) is 60.8 Å². The van der Waals surface area contributed by atoms with Gasteiger partial charge in [0.05, 0.1) is 48.3 Å². The highest BCUT2D eigenvalue weighted by Crippen LogP contribution is 2.34. The van der Waals surface area contributed by atoms with Crippen LogP contribution in [-0.4, -0.2) is 92.3 Å². The highest BCUT2D eigenvalue weighted by molar-refractivity contribution is 7.92. The molecule has 0 aliphatic carbocycles. The number of β-amino-alcohol motifs (C(OH)–C–C–N with tert-alkyl or cyclic N) is 1. The van der Waals surface area contributed by atoms with E-state index in [2.05, 4.69) is 20.1 Å². The summed E-state index contributed by atoms with van der Waals surface area (Å²) in [6.45, 7) is 6.03. The largest absolute Gasteiger partial charge is 0.494 e. The van der Waals surface area contributed by atoms with E-state index in [0.29, 0.717) is 23.9 Å². The first kappa shape index (κ1) is 27.7. The molecule has 40 heavy (non-hydrogen) atoms. The number of sulfonamides is 1. The zero-order valence-electron chi connectivity index (χ0n) is 23.1. The highest BCUT2D eigenvalue weighted by atomic mass is 32.2. The van der Waals surface area contributed by atoms with Crippen LogP contribution in [0.2, 0.25) is 0 Å². The van der Waals surface area contributed by atoms with Gasteiger partial charge in [0.1, 0.15) is 5.75 Å². The van der Waals surface area contributed by atoms with Crippen LogP contribution in [0.3, 0.4) is 0 Å². The number of nitrogens with zero attached hydrogens (tertiary/aromatic N) is 6. The maximum absolute atomic E-state index is 12.3. The van der Waals surface area contributed by atoms with Gasteiger partial charge in [-0.05, 0) is 37.3 Å². The lowest BCUT2D eigenvalue weighted by Crippen LogP contribution is -2.48. The molecule has 1 aliphatic heterocycles. The second kappa shape index (κ2) is 11.3. The monoisotopic (exact) mass is 565 g/mol. The predicted molar refractivity (Wildman–Crippen MR) is 158 cm³/mol. The Labute approximate surface area is 234 Å². The van der Waals surface area contributed by atoms with Gasteiger partial charge >= 0.3 is 0 Å². The quantitative estimate of drug-likeness (QED) is 0.316. The van der Waals surface area contributed by atoms with Crippen molar-refractivity contribution in [2.45, 2.75) is 13.0 Å². The minimum atomic E-state index is -3.45. The number of aromatic nitrogens is 3. The number of benzene rings is 2. The summed E-state index contributed by atoms with van der Waals surface area (Å²) in [6, 6.07) is 17.1. The molecule has 1 aliphatic rings. The van der Waals surface area contributed by atoms with E-state index in [0.717, 1.165) is 54.3 Å². The Hall–Kier alpha value is -3.87. The molecule has 2 aromatic carbocycles. The topological polar surface area (TPSA) is 116 Å². The molecule has 11 nitrogen and oxygen atoms in total. The van der Waals surface area contributed by atoms with E-state index in [1.54, 1.807) is 23.9 Å². The van der Waals surface area contributed by atoms with Gasteiger partial charge in [0.2, 0.25) is 16.0 Å². The lowest BCUT2D eigenvalue weighted by Gasteiger charge is -2.36. The second-order valence-electron chi connectivity index (χ2n) is 10.0. The first-order chi connectivity index (χ1) is 19.1. The Bertz CT molecular complexity index is 1600. The molecule has 0 amide bonds. The number of hydrogen-bond acceptors (Lipinski definition) is 9. The standard InChI is InChI=1S/C28H35N7O4S/c1-20(36)19-33-13-15-34(16-14-33)21-9-11-24(27(17-21)39-3)30-28-29-18-22-10-12-26(35(22)31-28)23-7-5-6-8-25(23)32(2)40(4,37)38/h5-12,17-18,20,36H,13-16,19H2,1-4H3,(H,30,31)/t20-/m1/s1. The van der Waals surface area contributed by atoms with Crippen LogP contribution in [0.4, 0.5) is 23.0 Å². The van der Waals surface area contributed by atoms with Gasteiger partial charge in [-0.15, -0.1) is 5.10 Å². The van der Waals surface area contributed by atoms with Crippen LogP contribution in [0.1, 0.15) is 6.92 Å². The Balaban J connectivity index is 1.40. The third-order valence-corrected chi connectivity index (χ3v) is 8.30. The van der Waals surface area contributed by atoms with Crippen molar-refractivity contribution in [3.63, 3.8) is 0 Å². The molecule has 5 rings (SSSR count). The lowest BCUT2D eigenvalue weighted by molar-refractivity contribution is 0.122. The van der Waals surface area contributed by atoms with Crippen molar-refractivity contribution in [1.82, 2.24) is 19.5 Å². The Morgan fingerprint density at radius 1 is 1.10 bits per heavy atom. The van der Waals surface area contributed by atoms with Crippen molar-refractivity contribution in [2.75, 3.05) is 67.7 Å². The van der Waals surface area contributed by atoms with Gasteiger partial charge in [0.25, 0.3) is 0 Å². The summed E-state index contributed by atoms with van der Waals surface area (Å²) in [5.41, 5.74) is 4.59. The number of aliphatic hydroxyl groups is 1. The van der Waals surface area contributed by atoms with Gasteiger partial charge < -0.3 is 20.1 Å². The number of anilines is 4. The molecule has 0 saturated carbocycles. The molecule has 0 spiro atoms. The van der Waals surface area contributed by atoms with Crippen molar-refractivity contribution >= 4 is 38.6 Å². The second-order valence-corrected chi connectivity index (χ2v) is 12.0. The van der Waals surface area contributed by atoms with Crippen LogP contribution in [0, 0.1) is 0 Å². The van der Waals surface area contributed by atoms with Gasteiger partial charge in [-0.2, -0.15) is 0 Å². The van der Waals surface area contributed by atoms with E-state index in [-0.39, 0.29) is 6.10 Å². The maximum atomic E-state index is 12.3. The normalized spacial score (nSPS) is 15.3. The van der Waals surface area contributed by atoms with E-state index >= 15 is 0 Å². The Kier molecular flexibility index (Phi) is 7.83. The van der Waals surface area contributed by atoms with Gasteiger partial charge in [-0.1, -0.05) is 18.2 Å². The molecule has 1 saturated heterocycles. The van der Waals surface area contributed by atoms with Gasteiger partial charge in [0, 0.05) is 57.1 Å². The first-order valence-electron chi connectivity index (χ1n) is 13.1. The van der Waals surface area contributed by atoms with Crippen molar-refractivity contribution < 1.29 is 18.3 Å². The van der Waals surface area contributed by atoms with Crippen molar-refractivity contribution in [1.29, 1.82) is 0 Å². The SMILES string of the molecule is COc1cc(N2CCN(C[C@@H](C)O)CC2)ccc1Nc1ncc2ccc(-c3ccccc3N(C)S(C)(=O)=O)n2n1. The fraction of sp³-hybridized carbons (Fsp3) is 0.357. The molecule has 2 N–H and O–H groups in total. The number of hydrogen-bond donors (Lipinski definition) is 2. The number of para-hydroxylation sites is 1. The van der Waals surface area contributed by atoms with Crippen LogP contribution in [0.25, 0.3) is 16.8 Å². The fourth-order valence-corrected chi connectivity index (χ4v) is 5.49. The number of fused-ring (bicyclic) bond motifs is 1.